The summed E-state index contributed by atoms with van der Waals surface area (Å²) in [5.74, 6) is 5.86. The molecule has 0 aliphatic rings. The van der Waals surface area contributed by atoms with E-state index in [1.807, 2.05) is 18.2 Å². The first-order valence-corrected chi connectivity index (χ1v) is 6.08. The number of nitrogens with one attached hydrogen (secondary N) is 1. The summed E-state index contributed by atoms with van der Waals surface area (Å²) in [4.78, 5) is 0. The molecule has 0 bridgehead atoms. The Balaban J connectivity index is 2.46. The fourth-order valence-electron chi connectivity index (χ4n) is 1.92. The first-order valence-electron chi connectivity index (χ1n) is 5.70. The van der Waals surface area contributed by atoms with E-state index in [1.54, 1.807) is 19.2 Å². The molecular formula is C14H14ClFN2O. The number of halogens is 2. The Labute approximate surface area is 116 Å². The molecule has 2 aromatic rings. The monoisotopic (exact) mass is 280 g/mol. The third-order valence-electron chi connectivity index (χ3n) is 2.86. The van der Waals surface area contributed by atoms with Gasteiger partial charge in [-0.15, -0.1) is 0 Å². The van der Waals surface area contributed by atoms with E-state index in [0.717, 1.165) is 5.56 Å². The molecule has 0 amide bonds. The van der Waals surface area contributed by atoms with Gasteiger partial charge in [-0.1, -0.05) is 23.7 Å². The fraction of sp³-hybridized carbons (Fsp3) is 0.143. The lowest BCUT2D eigenvalue weighted by Gasteiger charge is -2.18. The largest absolute Gasteiger partial charge is 0.497 e. The highest BCUT2D eigenvalue weighted by Crippen LogP contribution is 2.28. The molecule has 1 unspecified atom stereocenters. The van der Waals surface area contributed by atoms with Gasteiger partial charge in [-0.2, -0.15) is 0 Å². The zero-order chi connectivity index (χ0) is 13.8. The molecule has 0 saturated heterocycles. The molecule has 2 rings (SSSR count). The molecule has 5 heteroatoms. The number of nitrogens with two attached hydrogens (primary N) is 1. The third kappa shape index (κ3) is 3.04. The van der Waals surface area contributed by atoms with Gasteiger partial charge in [0.25, 0.3) is 0 Å². The Hall–Kier alpha value is -1.62. The topological polar surface area (TPSA) is 47.3 Å². The second kappa shape index (κ2) is 6.02. The van der Waals surface area contributed by atoms with E-state index in [0.29, 0.717) is 16.3 Å². The molecule has 1 atom stereocenters. The van der Waals surface area contributed by atoms with E-state index in [9.17, 15) is 4.39 Å². The molecule has 3 N–H and O–H groups in total. The maximum Gasteiger partial charge on any atom is 0.128 e. The van der Waals surface area contributed by atoms with Crippen molar-refractivity contribution in [1.29, 1.82) is 0 Å². The molecule has 0 fully saturated rings. The van der Waals surface area contributed by atoms with Crippen molar-refractivity contribution in [2.75, 3.05) is 7.11 Å². The second-order valence-corrected chi connectivity index (χ2v) is 4.48. The van der Waals surface area contributed by atoms with Crippen LogP contribution in [0, 0.1) is 5.82 Å². The molecule has 0 radical (unpaired) electrons. The van der Waals surface area contributed by atoms with Gasteiger partial charge in [0.2, 0.25) is 0 Å². The quantitative estimate of drug-likeness (QED) is 0.668. The van der Waals surface area contributed by atoms with Crippen molar-refractivity contribution in [2.45, 2.75) is 6.04 Å². The first kappa shape index (κ1) is 13.8. The van der Waals surface area contributed by atoms with Gasteiger partial charge in [-0.05, 0) is 35.9 Å². The van der Waals surface area contributed by atoms with E-state index in [1.165, 1.54) is 12.1 Å². The molecule has 0 spiro atoms. The first-order chi connectivity index (χ1) is 9.15. The Bertz CT molecular complexity index is 577. The van der Waals surface area contributed by atoms with Crippen molar-refractivity contribution >= 4 is 11.6 Å². The van der Waals surface area contributed by atoms with Gasteiger partial charge in [0.05, 0.1) is 13.2 Å². The number of ether oxygens (including phenoxy) is 1. The number of hydrazine groups is 1. The van der Waals surface area contributed by atoms with Gasteiger partial charge >= 0.3 is 0 Å². The predicted molar refractivity (Wildman–Crippen MR) is 73.6 cm³/mol. The van der Waals surface area contributed by atoms with E-state index < -0.39 is 6.04 Å². The number of hydrogen-bond donors (Lipinski definition) is 2. The van der Waals surface area contributed by atoms with Crippen LogP contribution >= 0.6 is 11.6 Å². The van der Waals surface area contributed by atoms with Crippen LogP contribution < -0.4 is 16.0 Å². The standard InChI is InChI=1S/C14H14ClFN2O/c1-19-11-4-2-3-9(7-11)14(18-17)12-8-10(15)5-6-13(12)16/h2-8,14,18H,17H2,1H3. The number of hydrogen-bond acceptors (Lipinski definition) is 3. The molecule has 0 aromatic heterocycles. The Kier molecular flexibility index (Phi) is 4.37. The van der Waals surface area contributed by atoms with Crippen molar-refractivity contribution in [3.8, 4) is 5.75 Å². The average molecular weight is 281 g/mol. The summed E-state index contributed by atoms with van der Waals surface area (Å²) < 4.78 is 19.0. The van der Waals surface area contributed by atoms with Crippen molar-refractivity contribution in [3.05, 3.63) is 64.4 Å². The van der Waals surface area contributed by atoms with Crippen molar-refractivity contribution in [2.24, 2.45) is 5.84 Å². The molecule has 19 heavy (non-hydrogen) atoms. The van der Waals surface area contributed by atoms with E-state index in [-0.39, 0.29) is 5.82 Å². The normalized spacial score (nSPS) is 12.2. The zero-order valence-corrected chi connectivity index (χ0v) is 11.1. The number of rotatable bonds is 4. The molecule has 3 nitrogen and oxygen atoms in total. The van der Waals surface area contributed by atoms with Crippen LogP contribution in [0.2, 0.25) is 5.02 Å². The van der Waals surface area contributed by atoms with Crippen LogP contribution in [0.4, 0.5) is 4.39 Å². The van der Waals surface area contributed by atoms with E-state index in [4.69, 9.17) is 22.2 Å². The fourth-order valence-corrected chi connectivity index (χ4v) is 2.10. The van der Waals surface area contributed by atoms with Crippen molar-refractivity contribution in [1.82, 2.24) is 5.43 Å². The SMILES string of the molecule is COc1cccc(C(NN)c2cc(Cl)ccc2F)c1. The maximum absolute atomic E-state index is 13.9. The van der Waals surface area contributed by atoms with Gasteiger partial charge in [-0.3, -0.25) is 5.84 Å². The summed E-state index contributed by atoms with van der Waals surface area (Å²) in [6.07, 6.45) is 0. The highest BCUT2D eigenvalue weighted by atomic mass is 35.5. The van der Waals surface area contributed by atoms with Crippen LogP contribution in [0.5, 0.6) is 5.75 Å². The van der Waals surface area contributed by atoms with Crippen LogP contribution in [0.1, 0.15) is 17.2 Å². The Morgan fingerprint density at radius 2 is 2.05 bits per heavy atom. The zero-order valence-electron chi connectivity index (χ0n) is 10.4. The van der Waals surface area contributed by atoms with Crippen molar-refractivity contribution in [3.63, 3.8) is 0 Å². The van der Waals surface area contributed by atoms with Gasteiger partial charge < -0.3 is 4.74 Å². The lowest BCUT2D eigenvalue weighted by atomic mass is 9.98. The highest BCUT2D eigenvalue weighted by molar-refractivity contribution is 6.30. The predicted octanol–water partition coefficient (Wildman–Crippen LogP) is 3.04. The van der Waals surface area contributed by atoms with Crippen LogP contribution in [0.3, 0.4) is 0 Å². The second-order valence-electron chi connectivity index (χ2n) is 4.04. The van der Waals surface area contributed by atoms with Crippen LogP contribution in [0.25, 0.3) is 0 Å². The summed E-state index contributed by atoms with van der Waals surface area (Å²) in [7, 11) is 1.57. The lowest BCUT2D eigenvalue weighted by Crippen LogP contribution is -2.29. The summed E-state index contributed by atoms with van der Waals surface area (Å²) in [5.41, 5.74) is 3.79. The minimum atomic E-state index is -0.492. The van der Waals surface area contributed by atoms with Gasteiger partial charge in [0.1, 0.15) is 11.6 Å². The van der Waals surface area contributed by atoms with Gasteiger partial charge in [0, 0.05) is 10.6 Å². The number of benzene rings is 2. The van der Waals surface area contributed by atoms with Crippen LogP contribution in [-0.2, 0) is 0 Å². The van der Waals surface area contributed by atoms with Gasteiger partial charge in [0.15, 0.2) is 0 Å². The molecule has 2 aromatic carbocycles. The van der Waals surface area contributed by atoms with Crippen LogP contribution in [0.15, 0.2) is 42.5 Å². The van der Waals surface area contributed by atoms with Crippen LogP contribution in [-0.4, -0.2) is 7.11 Å². The minimum absolute atomic E-state index is 0.366. The summed E-state index contributed by atoms with van der Waals surface area (Å²) in [6, 6.07) is 11.2. The molecule has 0 heterocycles. The van der Waals surface area contributed by atoms with E-state index >= 15 is 0 Å². The summed E-state index contributed by atoms with van der Waals surface area (Å²) in [6.45, 7) is 0. The molecule has 0 saturated carbocycles. The van der Waals surface area contributed by atoms with Gasteiger partial charge in [-0.25, -0.2) is 9.82 Å². The third-order valence-corrected chi connectivity index (χ3v) is 3.10. The molecule has 100 valence electrons. The van der Waals surface area contributed by atoms with Crippen molar-refractivity contribution < 1.29 is 9.13 Å². The minimum Gasteiger partial charge on any atom is -0.497 e. The highest BCUT2D eigenvalue weighted by Gasteiger charge is 2.17. The smallest absolute Gasteiger partial charge is 0.128 e. The molecule has 0 aliphatic heterocycles. The Morgan fingerprint density at radius 3 is 2.74 bits per heavy atom. The summed E-state index contributed by atoms with van der Waals surface area (Å²) in [5, 5.41) is 0.458. The summed E-state index contributed by atoms with van der Waals surface area (Å²) >= 11 is 5.90. The lowest BCUT2D eigenvalue weighted by molar-refractivity contribution is 0.413. The number of methoxy groups -OCH3 is 1. The molecule has 0 aliphatic carbocycles. The average Bonchev–Trinajstić information content (AvgIpc) is 2.44. The Morgan fingerprint density at radius 1 is 1.26 bits per heavy atom. The molecular weight excluding hydrogens is 267 g/mol. The van der Waals surface area contributed by atoms with E-state index in [2.05, 4.69) is 5.43 Å². The maximum atomic E-state index is 13.9.